The minimum absolute atomic E-state index is 0.0716. The predicted octanol–water partition coefficient (Wildman–Crippen LogP) is 1.70. The van der Waals surface area contributed by atoms with Gasteiger partial charge in [0.05, 0.1) is 11.3 Å². The van der Waals surface area contributed by atoms with E-state index in [0.29, 0.717) is 6.54 Å². The first-order valence-corrected chi connectivity index (χ1v) is 7.28. The molecule has 1 fully saturated rings. The summed E-state index contributed by atoms with van der Waals surface area (Å²) in [6.45, 7) is 3.66. The quantitative estimate of drug-likeness (QED) is 0.906. The van der Waals surface area contributed by atoms with Gasteiger partial charge in [0.15, 0.2) is 0 Å². The molecule has 0 aliphatic carbocycles. The van der Waals surface area contributed by atoms with Gasteiger partial charge in [0, 0.05) is 13.1 Å². The molecule has 2 N–H and O–H groups in total. The first-order valence-electron chi connectivity index (χ1n) is 6.40. The molecule has 1 atom stereocenters. The molecule has 6 heteroatoms. The van der Waals surface area contributed by atoms with E-state index < -0.39 is 0 Å². The molecule has 100 valence electrons. The number of fused-ring (bicyclic) bond motifs is 1. The first kappa shape index (κ1) is 12.3. The Morgan fingerprint density at radius 1 is 1.53 bits per heavy atom. The number of piperidine rings is 1. The van der Waals surface area contributed by atoms with Gasteiger partial charge in [-0.05, 0) is 30.7 Å². The Balaban J connectivity index is 1.99. The van der Waals surface area contributed by atoms with Crippen LogP contribution in [0.5, 0.6) is 0 Å². The maximum atomic E-state index is 11.4. The lowest BCUT2D eigenvalue weighted by Crippen LogP contribution is -2.41. The summed E-state index contributed by atoms with van der Waals surface area (Å²) in [4.78, 5) is 23.3. The van der Waals surface area contributed by atoms with E-state index in [1.54, 1.807) is 17.7 Å². The molecule has 0 radical (unpaired) electrons. The lowest BCUT2D eigenvalue weighted by Gasteiger charge is -2.32. The summed E-state index contributed by atoms with van der Waals surface area (Å²) in [6, 6.07) is 0. The Morgan fingerprint density at radius 2 is 2.37 bits per heavy atom. The van der Waals surface area contributed by atoms with E-state index in [0.717, 1.165) is 35.4 Å². The minimum Gasteiger partial charge on any atom is -0.369 e. The third kappa shape index (κ3) is 2.16. The van der Waals surface area contributed by atoms with Gasteiger partial charge in [-0.15, -0.1) is 11.3 Å². The van der Waals surface area contributed by atoms with Crippen LogP contribution in [0, 0.1) is 12.8 Å². The van der Waals surface area contributed by atoms with Crippen molar-refractivity contribution in [3.05, 3.63) is 17.3 Å². The van der Waals surface area contributed by atoms with Crippen molar-refractivity contribution in [2.45, 2.75) is 19.8 Å². The number of hydrogen-bond donors (Lipinski definition) is 1. The fourth-order valence-electron chi connectivity index (χ4n) is 2.64. The van der Waals surface area contributed by atoms with E-state index >= 15 is 0 Å². The van der Waals surface area contributed by atoms with Gasteiger partial charge in [0.2, 0.25) is 5.91 Å². The molecular weight excluding hydrogens is 260 g/mol. The van der Waals surface area contributed by atoms with Crippen molar-refractivity contribution in [1.82, 2.24) is 9.97 Å². The number of amides is 1. The Hall–Kier alpha value is -1.69. The molecule has 0 spiro atoms. The Labute approximate surface area is 115 Å². The average molecular weight is 276 g/mol. The summed E-state index contributed by atoms with van der Waals surface area (Å²) in [6.07, 6.45) is 3.45. The zero-order valence-corrected chi connectivity index (χ0v) is 11.6. The van der Waals surface area contributed by atoms with Crippen LogP contribution < -0.4 is 10.6 Å². The second-order valence-corrected chi connectivity index (χ2v) is 5.84. The van der Waals surface area contributed by atoms with E-state index in [9.17, 15) is 4.79 Å². The number of carbonyl (C=O) groups excluding carboxylic acids is 1. The van der Waals surface area contributed by atoms with E-state index in [4.69, 9.17) is 5.73 Å². The van der Waals surface area contributed by atoms with Crippen molar-refractivity contribution in [3.63, 3.8) is 0 Å². The topological polar surface area (TPSA) is 72.1 Å². The predicted molar refractivity (Wildman–Crippen MR) is 76.3 cm³/mol. The van der Waals surface area contributed by atoms with E-state index in [-0.39, 0.29) is 11.8 Å². The summed E-state index contributed by atoms with van der Waals surface area (Å²) in [5.74, 6) is 0.657. The van der Waals surface area contributed by atoms with Gasteiger partial charge in [0.1, 0.15) is 17.0 Å². The van der Waals surface area contributed by atoms with E-state index in [1.807, 2.05) is 0 Å². The molecule has 1 aliphatic heterocycles. The molecule has 0 bridgehead atoms. The zero-order valence-electron chi connectivity index (χ0n) is 10.8. The Morgan fingerprint density at radius 3 is 3.16 bits per heavy atom. The van der Waals surface area contributed by atoms with Crippen LogP contribution >= 0.6 is 11.3 Å². The number of nitrogens with zero attached hydrogens (tertiary/aromatic N) is 3. The third-order valence-electron chi connectivity index (χ3n) is 3.66. The van der Waals surface area contributed by atoms with E-state index in [2.05, 4.69) is 27.2 Å². The van der Waals surface area contributed by atoms with Crippen molar-refractivity contribution in [1.29, 1.82) is 0 Å². The molecule has 3 rings (SSSR count). The van der Waals surface area contributed by atoms with Crippen LogP contribution in [0.2, 0.25) is 0 Å². The SMILES string of the molecule is Cc1csc2ncnc(N3CCCC(C(N)=O)C3)c12. The zero-order chi connectivity index (χ0) is 13.4. The normalized spacial score (nSPS) is 19.8. The number of anilines is 1. The number of hydrogen-bond acceptors (Lipinski definition) is 5. The fraction of sp³-hybridized carbons (Fsp3) is 0.462. The summed E-state index contributed by atoms with van der Waals surface area (Å²) in [5, 5.41) is 3.20. The molecule has 1 saturated heterocycles. The number of aromatic nitrogens is 2. The molecule has 0 aromatic carbocycles. The van der Waals surface area contributed by atoms with E-state index in [1.165, 1.54) is 5.56 Å². The second kappa shape index (κ2) is 4.77. The van der Waals surface area contributed by atoms with Crippen molar-refractivity contribution < 1.29 is 4.79 Å². The van der Waals surface area contributed by atoms with Crippen LogP contribution in [0.15, 0.2) is 11.7 Å². The standard InChI is InChI=1S/C13H16N4OS/c1-8-6-19-13-10(8)12(15-7-16-13)17-4-2-3-9(5-17)11(14)18/h6-7,9H,2-5H2,1H3,(H2,14,18). The van der Waals surface area contributed by atoms with Gasteiger partial charge < -0.3 is 10.6 Å². The largest absolute Gasteiger partial charge is 0.369 e. The van der Waals surface area contributed by atoms with Gasteiger partial charge >= 0.3 is 0 Å². The molecule has 1 aliphatic rings. The molecule has 2 aromatic rings. The summed E-state index contributed by atoms with van der Waals surface area (Å²) in [7, 11) is 0. The van der Waals surface area contributed by atoms with Gasteiger partial charge in [0.25, 0.3) is 0 Å². The van der Waals surface area contributed by atoms with Crippen molar-refractivity contribution >= 4 is 33.3 Å². The van der Waals surface area contributed by atoms with Gasteiger partial charge in [-0.1, -0.05) is 0 Å². The van der Waals surface area contributed by atoms with Crippen molar-refractivity contribution in [2.24, 2.45) is 11.7 Å². The van der Waals surface area contributed by atoms with Crippen LogP contribution in [0.25, 0.3) is 10.2 Å². The lowest BCUT2D eigenvalue weighted by atomic mass is 9.97. The number of rotatable bonds is 2. The van der Waals surface area contributed by atoms with Gasteiger partial charge in [-0.3, -0.25) is 4.79 Å². The smallest absolute Gasteiger partial charge is 0.222 e. The van der Waals surface area contributed by atoms with Crippen LogP contribution in [-0.2, 0) is 4.79 Å². The van der Waals surface area contributed by atoms with Gasteiger partial charge in [-0.2, -0.15) is 0 Å². The highest BCUT2D eigenvalue weighted by Crippen LogP contribution is 2.32. The maximum absolute atomic E-state index is 11.4. The summed E-state index contributed by atoms with van der Waals surface area (Å²) >= 11 is 1.63. The average Bonchev–Trinajstić information content (AvgIpc) is 2.81. The molecule has 19 heavy (non-hydrogen) atoms. The fourth-order valence-corrected chi connectivity index (χ4v) is 3.52. The van der Waals surface area contributed by atoms with Crippen LogP contribution in [0.4, 0.5) is 5.82 Å². The Bertz CT molecular complexity index is 624. The number of thiophene rings is 1. The minimum atomic E-state index is -0.211. The molecule has 1 unspecified atom stereocenters. The van der Waals surface area contributed by atoms with Crippen LogP contribution in [0.3, 0.4) is 0 Å². The number of nitrogens with two attached hydrogens (primary N) is 1. The van der Waals surface area contributed by atoms with Crippen molar-refractivity contribution in [3.8, 4) is 0 Å². The second-order valence-electron chi connectivity index (χ2n) is 4.98. The highest BCUT2D eigenvalue weighted by atomic mass is 32.1. The number of primary amides is 1. The summed E-state index contributed by atoms with van der Waals surface area (Å²) < 4.78 is 0. The Kier molecular flexibility index (Phi) is 3.10. The molecular formula is C13H16N4OS. The van der Waals surface area contributed by atoms with Crippen LogP contribution in [-0.4, -0.2) is 29.0 Å². The lowest BCUT2D eigenvalue weighted by molar-refractivity contribution is -0.122. The van der Waals surface area contributed by atoms with Gasteiger partial charge in [-0.25, -0.2) is 9.97 Å². The number of carbonyl (C=O) groups is 1. The third-order valence-corrected chi connectivity index (χ3v) is 4.66. The first-order chi connectivity index (χ1) is 9.16. The monoisotopic (exact) mass is 276 g/mol. The highest BCUT2D eigenvalue weighted by Gasteiger charge is 2.26. The number of aryl methyl sites for hydroxylation is 1. The molecule has 5 nitrogen and oxygen atoms in total. The molecule has 0 saturated carbocycles. The summed E-state index contributed by atoms with van der Waals surface area (Å²) in [5.41, 5.74) is 6.63. The molecule has 1 amide bonds. The molecule has 2 aromatic heterocycles. The van der Waals surface area contributed by atoms with Crippen molar-refractivity contribution in [2.75, 3.05) is 18.0 Å². The highest BCUT2D eigenvalue weighted by molar-refractivity contribution is 7.17. The molecule has 3 heterocycles. The maximum Gasteiger partial charge on any atom is 0.222 e. The van der Waals surface area contributed by atoms with Crippen LogP contribution in [0.1, 0.15) is 18.4 Å².